The Hall–Kier alpha value is -9.48. The molecule has 686 valence electrons. The Morgan fingerprint density at radius 2 is 0.746 bits per heavy atom. The zero-order valence-electron chi connectivity index (χ0n) is 73.0. The van der Waals surface area contributed by atoms with Crippen molar-refractivity contribution in [3.8, 4) is 0 Å². The van der Waals surface area contributed by atoms with Gasteiger partial charge in [0.05, 0.1) is 98.2 Å². The number of carbonyl (C=O) groups excluding carboxylic acids is 3. The van der Waals surface area contributed by atoms with Gasteiger partial charge in [0.2, 0.25) is 0 Å². The molecule has 130 heavy (non-hydrogen) atoms. The summed E-state index contributed by atoms with van der Waals surface area (Å²) in [5.74, 6) is 1.69. The third-order valence-corrected chi connectivity index (χ3v) is 28.0. The van der Waals surface area contributed by atoms with Crippen LogP contribution in [0.1, 0.15) is 144 Å². The molecule has 0 bridgehead atoms. The van der Waals surface area contributed by atoms with E-state index in [1.165, 1.54) is 84.1 Å². The first-order valence-corrected chi connectivity index (χ1v) is 49.2. The number of aromatic amines is 3. The number of Topliss-reactive ketones (excluding diaryl/α,β-unsaturated/α-hetero) is 3. The number of hydrogen-bond acceptors (Lipinski definition) is 27. The van der Waals surface area contributed by atoms with Gasteiger partial charge in [-0.15, -0.1) is 44.1 Å². The van der Waals surface area contributed by atoms with Gasteiger partial charge >= 0.3 is 0 Å². The number of piperazine rings is 4. The summed E-state index contributed by atoms with van der Waals surface area (Å²) in [5, 5.41) is 51.4. The third kappa shape index (κ3) is 29.5. The molecule has 0 spiro atoms. The number of nitrogens with one attached hydrogen (secondary N) is 5. The summed E-state index contributed by atoms with van der Waals surface area (Å²) >= 11 is 35.8. The fourth-order valence-corrected chi connectivity index (χ4v) is 20.0. The highest BCUT2D eigenvalue weighted by Gasteiger charge is 2.28. The molecule has 4 fully saturated rings. The second-order valence-corrected chi connectivity index (χ2v) is 38.2. The number of fused-ring (bicyclic) bond motifs is 3. The minimum atomic E-state index is 0. The Labute approximate surface area is 810 Å². The minimum absolute atomic E-state index is 0. The number of hydrogen-bond donors (Lipinski definition) is 5. The van der Waals surface area contributed by atoms with Crippen LogP contribution in [0, 0.1) is 17.8 Å². The van der Waals surface area contributed by atoms with E-state index in [4.69, 9.17) is 58.0 Å². The predicted molar refractivity (Wildman–Crippen MR) is 537 cm³/mol. The van der Waals surface area contributed by atoms with Crippen LogP contribution in [-0.2, 0) is 19.3 Å². The van der Waals surface area contributed by atoms with E-state index < -0.39 is 0 Å². The highest BCUT2D eigenvalue weighted by molar-refractivity contribution is 9.11. The molecule has 14 aromatic rings. The molecule has 37 heteroatoms. The number of H-pyrrole nitrogens is 3. The number of halogens is 7. The van der Waals surface area contributed by atoms with Crippen molar-refractivity contribution in [1.29, 1.82) is 0 Å². The summed E-state index contributed by atoms with van der Waals surface area (Å²) in [6.07, 6.45) is 36.8. The summed E-state index contributed by atoms with van der Waals surface area (Å²) in [6.45, 7) is 21.7. The molecule has 4 aliphatic heterocycles. The van der Waals surface area contributed by atoms with Crippen LogP contribution < -0.4 is 40.0 Å². The van der Waals surface area contributed by atoms with Gasteiger partial charge in [-0.3, -0.25) is 14.4 Å². The van der Waals surface area contributed by atoms with E-state index in [2.05, 4.69) is 243 Å². The number of benzene rings is 3. The SMILES string of the molecule is CCCCC(CC(=O)c1cnc(Br)s1)Cc1c[nH]c2ccccc12.CCCCC(CC(=O)c1cnc(N2CCN(c3ccnnc3)CC2)s1)Cc1c[nH]c2ccccc12.CCCCC(CC(=O)c1cnc(N2CCN(c3ccnnc3)CC2)s1)Cc1c[nH]c2ccccc12.Cl.Clc1cc(Cl)c(Cl)nn1.Clc1cc(N2CCNCC2)c(Cl)nn1.c1cc(N2CCNCC2)cnn1. The zero-order valence-corrected chi connectivity index (χ0v) is 81.6. The van der Waals surface area contributed by atoms with Crippen molar-refractivity contribution in [3.05, 3.63) is 238 Å². The van der Waals surface area contributed by atoms with Crippen LogP contribution in [0.4, 0.5) is 33.0 Å². The Kier molecular flexibility index (Phi) is 39.9. The smallest absolute Gasteiger partial charge is 0.186 e. The Bertz CT molecular complexity index is 5580. The average Bonchev–Trinajstić information content (AvgIpc) is 1.62. The lowest BCUT2D eigenvalue weighted by Crippen LogP contribution is -2.46. The van der Waals surface area contributed by atoms with Crippen LogP contribution in [0.25, 0.3) is 32.7 Å². The predicted octanol–water partition coefficient (Wildman–Crippen LogP) is 20.7. The molecule has 0 radical (unpaired) electrons. The van der Waals surface area contributed by atoms with Gasteiger partial charge in [0.25, 0.3) is 0 Å². The normalized spacial score (nSPS) is 14.6. The van der Waals surface area contributed by atoms with Gasteiger partial charge in [-0.1, -0.05) is 195 Å². The summed E-state index contributed by atoms with van der Waals surface area (Å²) < 4.78 is 0.771. The lowest BCUT2D eigenvalue weighted by Gasteiger charge is -2.35. The van der Waals surface area contributed by atoms with E-state index in [1.54, 1.807) is 55.6 Å². The minimum Gasteiger partial charge on any atom is -0.368 e. The fourth-order valence-electron chi connectivity index (χ4n) is 16.1. The molecule has 18 rings (SSSR count). The maximum Gasteiger partial charge on any atom is 0.186 e. The number of carbonyl (C=O) groups is 3. The van der Waals surface area contributed by atoms with E-state index in [0.29, 0.717) is 52.3 Å². The monoisotopic (exact) mass is 1990 g/mol. The van der Waals surface area contributed by atoms with Crippen LogP contribution in [0.2, 0.25) is 25.6 Å². The summed E-state index contributed by atoms with van der Waals surface area (Å²) in [4.78, 5) is 78.5. The van der Waals surface area contributed by atoms with Gasteiger partial charge in [-0.25, -0.2) is 15.0 Å². The number of aromatic nitrogens is 16. The summed E-state index contributed by atoms with van der Waals surface area (Å²) in [6, 6.07) is 34.4. The first-order valence-electron chi connectivity index (χ1n) is 44.0. The van der Waals surface area contributed by atoms with E-state index in [0.717, 1.165) is 239 Å². The summed E-state index contributed by atoms with van der Waals surface area (Å²) in [5.41, 5.74) is 11.7. The maximum atomic E-state index is 13.3. The fraction of sp³-hybridized carbons (Fsp3) is 0.398. The molecular formula is C93H109BrCl6N24O3S3. The van der Waals surface area contributed by atoms with Crippen LogP contribution >= 0.6 is 120 Å². The lowest BCUT2D eigenvalue weighted by atomic mass is 9.89. The molecule has 15 heterocycles. The highest BCUT2D eigenvalue weighted by atomic mass is 79.9. The molecule has 4 aliphatic rings. The summed E-state index contributed by atoms with van der Waals surface area (Å²) in [7, 11) is 0. The molecule has 5 N–H and O–H groups in total. The topological polar surface area (TPSA) is 310 Å². The molecule has 3 atom stereocenters. The number of rotatable bonds is 30. The first kappa shape index (κ1) is 99.5. The van der Waals surface area contributed by atoms with Crippen LogP contribution in [0.3, 0.4) is 0 Å². The largest absolute Gasteiger partial charge is 0.368 e. The van der Waals surface area contributed by atoms with Gasteiger partial charge in [0, 0.05) is 181 Å². The molecule has 0 aliphatic carbocycles. The van der Waals surface area contributed by atoms with Crippen molar-refractivity contribution < 1.29 is 14.4 Å². The van der Waals surface area contributed by atoms with Crippen molar-refractivity contribution in [3.63, 3.8) is 0 Å². The standard InChI is InChI=1S/2C27H32N6OS.C19H21BrN2OS.C8H10Cl2N4.C8H12N4.C4HCl3N2.ClH/c2*1-2-3-6-20(15-21-17-28-24-8-5-4-7-23(21)24)16-25(34)26-19-29-27(35-26)33-13-11-32(12-14-33)22-9-10-30-31-18-22;1-2-3-6-13(10-17(23)18-12-22-19(20)24-18)9-14-11-21-16-8-5-4-7-15(14)16;9-7-5-6(8(10)13-12-7)14-3-1-11-2-4-14;1-2-10-11-7-8(1)12-5-3-9-4-6-12;5-2-1-3(6)8-9-4(2)7;/h2*4-5,7-10,17-20,28H,2-3,6,11-16H2,1H3;4-5,7-8,11-13,21H,2-3,6,9-10H2,1H3;5,11H,1-4H2;1-2,7,9H,3-6H2;1H;1H. The van der Waals surface area contributed by atoms with Crippen molar-refractivity contribution in [2.45, 2.75) is 117 Å². The van der Waals surface area contributed by atoms with Gasteiger partial charge < -0.3 is 55.0 Å². The van der Waals surface area contributed by atoms with E-state index in [-0.39, 0.29) is 40.1 Å². The van der Waals surface area contributed by atoms with Gasteiger partial charge in [-0.05, 0) is 131 Å². The van der Waals surface area contributed by atoms with E-state index in [1.807, 2.05) is 30.5 Å². The first-order chi connectivity index (χ1) is 63.0. The van der Waals surface area contributed by atoms with Gasteiger partial charge in [0.1, 0.15) is 0 Å². The van der Waals surface area contributed by atoms with Crippen LogP contribution in [-0.4, -0.2) is 203 Å². The van der Waals surface area contributed by atoms with Gasteiger partial charge in [0.15, 0.2) is 52.1 Å². The maximum absolute atomic E-state index is 13.3. The number of anilines is 6. The lowest BCUT2D eigenvalue weighted by molar-refractivity contribution is 0.0953. The molecular weight excluding hydrogens is 1890 g/mol. The number of nitrogens with zero attached hydrogens (tertiary/aromatic N) is 19. The van der Waals surface area contributed by atoms with E-state index >= 15 is 0 Å². The second kappa shape index (κ2) is 52.1. The van der Waals surface area contributed by atoms with Crippen molar-refractivity contribution in [1.82, 2.24) is 91.5 Å². The average molecular weight is 2000 g/mol. The number of ketones is 3. The van der Waals surface area contributed by atoms with Crippen molar-refractivity contribution in [2.75, 3.05) is 134 Å². The van der Waals surface area contributed by atoms with Crippen LogP contribution in [0.15, 0.2) is 181 Å². The number of para-hydroxylation sites is 3. The number of thiazole rings is 3. The molecule has 11 aromatic heterocycles. The van der Waals surface area contributed by atoms with Crippen molar-refractivity contribution >= 4 is 203 Å². The molecule has 3 unspecified atom stereocenters. The third-order valence-electron chi connectivity index (χ3n) is 23.0. The quantitative estimate of drug-likeness (QED) is 0.0261. The Balaban J connectivity index is 0.000000150. The molecule has 0 amide bonds. The van der Waals surface area contributed by atoms with Crippen molar-refractivity contribution in [2.24, 2.45) is 17.8 Å². The molecule has 0 saturated carbocycles. The Morgan fingerprint density at radius 3 is 1.10 bits per heavy atom. The molecule has 3 aromatic carbocycles. The van der Waals surface area contributed by atoms with E-state index in [9.17, 15) is 14.4 Å². The Morgan fingerprint density at radius 1 is 0.400 bits per heavy atom. The zero-order chi connectivity index (χ0) is 90.1. The van der Waals surface area contributed by atoms with Crippen LogP contribution in [0.5, 0.6) is 0 Å². The molecule has 4 saturated heterocycles. The second-order valence-electron chi connectivity index (χ2n) is 32.0. The van der Waals surface area contributed by atoms with Gasteiger partial charge in [-0.2, -0.15) is 30.6 Å². The number of unbranched alkanes of at least 4 members (excludes halogenated alkanes) is 3. The highest BCUT2D eigenvalue weighted by Crippen LogP contribution is 2.35. The molecule has 27 nitrogen and oxygen atoms in total.